The monoisotopic (exact) mass is 382 g/mol. The average Bonchev–Trinajstić information content (AvgIpc) is 3.27. The van der Waals surface area contributed by atoms with E-state index in [1.54, 1.807) is 0 Å². The van der Waals surface area contributed by atoms with E-state index in [9.17, 15) is 17.6 Å². The lowest BCUT2D eigenvalue weighted by Crippen LogP contribution is -2.19. The Morgan fingerprint density at radius 1 is 1.20 bits per heavy atom. The molecule has 0 spiro atoms. The first kappa shape index (κ1) is 17.7. The van der Waals surface area contributed by atoms with Gasteiger partial charge in [-0.3, -0.25) is 9.52 Å². The van der Waals surface area contributed by atoms with Gasteiger partial charge in [-0.2, -0.15) is 0 Å². The van der Waals surface area contributed by atoms with Crippen molar-refractivity contribution in [2.75, 3.05) is 10.0 Å². The van der Waals surface area contributed by atoms with Crippen LogP contribution in [0.25, 0.3) is 0 Å². The summed E-state index contributed by atoms with van der Waals surface area (Å²) in [4.78, 5) is 11.7. The maximum absolute atomic E-state index is 13.8. The molecule has 0 unspecified atom stereocenters. The highest BCUT2D eigenvalue weighted by Gasteiger charge is 2.39. The van der Waals surface area contributed by atoms with Crippen molar-refractivity contribution in [3.63, 3.8) is 0 Å². The van der Waals surface area contributed by atoms with Crippen molar-refractivity contribution in [1.29, 1.82) is 0 Å². The van der Waals surface area contributed by atoms with Crippen LogP contribution in [0.1, 0.15) is 13.3 Å². The second kappa shape index (κ2) is 6.65. The van der Waals surface area contributed by atoms with E-state index in [1.165, 1.54) is 30.3 Å². The number of hydrogen-bond acceptors (Lipinski definition) is 3. The Morgan fingerprint density at radius 3 is 2.52 bits per heavy atom. The number of sulfonamides is 1. The van der Waals surface area contributed by atoms with E-state index in [2.05, 4.69) is 10.0 Å². The quantitative estimate of drug-likeness (QED) is 0.824. The average molecular weight is 383 g/mol. The third-order valence-corrected chi connectivity index (χ3v) is 5.69. The van der Waals surface area contributed by atoms with Crippen LogP contribution in [-0.2, 0) is 14.8 Å². The highest BCUT2D eigenvalue weighted by molar-refractivity contribution is 7.92. The molecule has 0 heterocycles. The molecule has 2 N–H and O–H groups in total. The lowest BCUT2D eigenvalue weighted by atomic mass is 10.2. The van der Waals surface area contributed by atoms with Crippen LogP contribution < -0.4 is 10.0 Å². The van der Waals surface area contributed by atoms with Gasteiger partial charge in [0.15, 0.2) is 0 Å². The zero-order valence-electron chi connectivity index (χ0n) is 13.3. The zero-order chi connectivity index (χ0) is 18.2. The number of carbonyl (C=O) groups excluding carboxylic acids is 1. The molecule has 0 bridgehead atoms. The van der Waals surface area contributed by atoms with Gasteiger partial charge < -0.3 is 5.32 Å². The first-order valence-electron chi connectivity index (χ1n) is 7.65. The fourth-order valence-electron chi connectivity index (χ4n) is 2.48. The van der Waals surface area contributed by atoms with Crippen LogP contribution in [0.4, 0.5) is 15.8 Å². The zero-order valence-corrected chi connectivity index (χ0v) is 14.9. The maximum atomic E-state index is 13.8. The van der Waals surface area contributed by atoms with E-state index >= 15 is 0 Å². The van der Waals surface area contributed by atoms with Crippen molar-refractivity contribution in [3.05, 3.63) is 53.3 Å². The highest BCUT2D eigenvalue weighted by atomic mass is 35.5. The molecule has 0 aliphatic heterocycles. The van der Waals surface area contributed by atoms with Gasteiger partial charge in [-0.05, 0) is 42.7 Å². The van der Waals surface area contributed by atoms with E-state index in [0.717, 1.165) is 18.6 Å². The number of benzene rings is 2. The molecule has 25 heavy (non-hydrogen) atoms. The van der Waals surface area contributed by atoms with Crippen molar-refractivity contribution >= 4 is 38.9 Å². The Labute approximate surface area is 150 Å². The maximum Gasteiger partial charge on any atom is 0.264 e. The summed E-state index contributed by atoms with van der Waals surface area (Å²) in [5.41, 5.74) is 0.353. The topological polar surface area (TPSA) is 75.3 Å². The number of rotatable bonds is 5. The van der Waals surface area contributed by atoms with Gasteiger partial charge in [0.25, 0.3) is 10.0 Å². The highest BCUT2D eigenvalue weighted by Crippen LogP contribution is 2.39. The van der Waals surface area contributed by atoms with Gasteiger partial charge in [-0.15, -0.1) is 0 Å². The summed E-state index contributed by atoms with van der Waals surface area (Å²) in [6.45, 7) is 1.96. The Hall–Kier alpha value is -2.12. The summed E-state index contributed by atoms with van der Waals surface area (Å²) in [7, 11) is -4.15. The first-order valence-corrected chi connectivity index (χ1v) is 9.52. The summed E-state index contributed by atoms with van der Waals surface area (Å²) in [5.74, 6) is -0.838. The number of halogens is 2. The molecule has 0 aromatic heterocycles. The lowest BCUT2D eigenvalue weighted by molar-refractivity contribution is -0.117. The third kappa shape index (κ3) is 3.93. The molecular formula is C17H16ClFN2O3S. The largest absolute Gasteiger partial charge is 0.324 e. The summed E-state index contributed by atoms with van der Waals surface area (Å²) < 4.78 is 41.0. The molecule has 1 saturated carbocycles. The molecule has 0 radical (unpaired) electrons. The molecule has 2 atom stereocenters. The molecule has 0 saturated heterocycles. The molecule has 3 rings (SSSR count). The van der Waals surface area contributed by atoms with Crippen LogP contribution in [0.15, 0.2) is 47.4 Å². The van der Waals surface area contributed by atoms with Gasteiger partial charge in [0.2, 0.25) is 5.91 Å². The molecule has 1 amide bonds. The Bertz CT molecular complexity index is 933. The number of carbonyl (C=O) groups is 1. The van der Waals surface area contributed by atoms with Crippen molar-refractivity contribution in [3.8, 4) is 0 Å². The van der Waals surface area contributed by atoms with Gasteiger partial charge in [-0.25, -0.2) is 12.8 Å². The molecule has 1 fully saturated rings. The van der Waals surface area contributed by atoms with Gasteiger partial charge >= 0.3 is 0 Å². The second-order valence-corrected chi connectivity index (χ2v) is 8.12. The van der Waals surface area contributed by atoms with E-state index in [1.807, 2.05) is 6.92 Å². The second-order valence-electron chi connectivity index (χ2n) is 6.03. The third-order valence-electron chi connectivity index (χ3n) is 4.06. The fraction of sp³-hybridized carbons (Fsp3) is 0.235. The fourth-order valence-corrected chi connectivity index (χ4v) is 3.82. The molecule has 1 aliphatic carbocycles. The Kier molecular flexibility index (Phi) is 4.71. The van der Waals surface area contributed by atoms with E-state index in [0.29, 0.717) is 10.9 Å². The van der Waals surface area contributed by atoms with Crippen LogP contribution in [0.5, 0.6) is 0 Å². The van der Waals surface area contributed by atoms with Gasteiger partial charge in [0, 0.05) is 10.9 Å². The van der Waals surface area contributed by atoms with Crippen molar-refractivity contribution in [1.82, 2.24) is 0 Å². The molecule has 1 aliphatic rings. The van der Waals surface area contributed by atoms with E-state index in [-0.39, 0.29) is 23.2 Å². The van der Waals surface area contributed by atoms with Crippen molar-refractivity contribution in [2.24, 2.45) is 11.8 Å². The predicted octanol–water partition coefficient (Wildman–Crippen LogP) is 3.87. The molecule has 132 valence electrons. The molecule has 2 aromatic rings. The smallest absolute Gasteiger partial charge is 0.264 e. The summed E-state index contributed by atoms with van der Waals surface area (Å²) >= 11 is 5.95. The van der Waals surface area contributed by atoms with Crippen LogP contribution in [0.2, 0.25) is 5.02 Å². The number of hydrogen-bond donors (Lipinski definition) is 2. The van der Waals surface area contributed by atoms with E-state index < -0.39 is 20.7 Å². The summed E-state index contributed by atoms with van der Waals surface area (Å²) in [6.07, 6.45) is 0.794. The standard InChI is InChI=1S/C17H16ClFN2O3S/c1-10-8-12(10)17(22)20-15-9-11(18)6-7-14(15)21-25(23,24)16-5-3-2-4-13(16)19/h2-7,9-10,12,21H,8H2,1H3,(H,20,22)/t10-,12+/m1/s1. The Balaban J connectivity index is 1.89. The SMILES string of the molecule is C[C@@H]1C[C@@H]1C(=O)Nc1cc(Cl)ccc1NS(=O)(=O)c1ccccc1F. The predicted molar refractivity (Wildman–Crippen MR) is 94.6 cm³/mol. The number of anilines is 2. The Morgan fingerprint density at radius 2 is 1.88 bits per heavy atom. The minimum Gasteiger partial charge on any atom is -0.324 e. The van der Waals surface area contributed by atoms with Crippen LogP contribution in [-0.4, -0.2) is 14.3 Å². The molecule has 5 nitrogen and oxygen atoms in total. The summed E-state index contributed by atoms with van der Waals surface area (Å²) in [5, 5.41) is 3.03. The van der Waals surface area contributed by atoms with Crippen molar-refractivity contribution in [2.45, 2.75) is 18.2 Å². The van der Waals surface area contributed by atoms with Crippen LogP contribution in [0.3, 0.4) is 0 Å². The molecule has 8 heteroatoms. The first-order chi connectivity index (χ1) is 11.8. The minimum atomic E-state index is -4.15. The van der Waals surface area contributed by atoms with Crippen LogP contribution in [0, 0.1) is 17.7 Å². The minimum absolute atomic E-state index is 0.0880. The molecule has 2 aromatic carbocycles. The van der Waals surface area contributed by atoms with Crippen molar-refractivity contribution < 1.29 is 17.6 Å². The van der Waals surface area contributed by atoms with Gasteiger partial charge in [0.1, 0.15) is 10.7 Å². The molecular weight excluding hydrogens is 367 g/mol. The summed E-state index contributed by atoms with van der Waals surface area (Å²) in [6, 6.07) is 9.41. The number of amides is 1. The van der Waals surface area contributed by atoms with E-state index in [4.69, 9.17) is 11.6 Å². The van der Waals surface area contributed by atoms with Gasteiger partial charge in [-0.1, -0.05) is 30.7 Å². The van der Waals surface area contributed by atoms with Gasteiger partial charge in [0.05, 0.1) is 11.4 Å². The lowest BCUT2D eigenvalue weighted by Gasteiger charge is -2.14. The normalized spacial score (nSPS) is 19.3. The van der Waals surface area contributed by atoms with Crippen LogP contribution >= 0.6 is 11.6 Å². The number of nitrogens with one attached hydrogen (secondary N) is 2.